The standard InChI is InChI=1S/C15H26N4O/c1-6-13-9-20-10(3)8-19(13)15-11(4)14(16-7-2)17-12(5)18-15/h10,13H,6-9H2,1-5H3,(H,16,17,18). The van der Waals surface area contributed by atoms with Crippen LogP contribution >= 0.6 is 0 Å². The number of ether oxygens (including phenoxy) is 1. The van der Waals surface area contributed by atoms with Crippen molar-refractivity contribution >= 4 is 11.6 Å². The molecule has 5 heteroatoms. The third-order valence-electron chi connectivity index (χ3n) is 3.79. The Balaban J connectivity index is 2.38. The number of aromatic nitrogens is 2. The van der Waals surface area contributed by atoms with E-state index < -0.39 is 0 Å². The molecular weight excluding hydrogens is 252 g/mol. The second-order valence-electron chi connectivity index (χ2n) is 5.46. The first kappa shape index (κ1) is 15.0. The topological polar surface area (TPSA) is 50.3 Å². The third-order valence-corrected chi connectivity index (χ3v) is 3.79. The lowest BCUT2D eigenvalue weighted by Gasteiger charge is -2.40. The highest BCUT2D eigenvalue weighted by Crippen LogP contribution is 2.28. The molecule has 0 radical (unpaired) electrons. The Labute approximate surface area is 121 Å². The Bertz CT molecular complexity index is 463. The van der Waals surface area contributed by atoms with Gasteiger partial charge >= 0.3 is 0 Å². The summed E-state index contributed by atoms with van der Waals surface area (Å²) >= 11 is 0. The first-order valence-corrected chi connectivity index (χ1v) is 7.54. The summed E-state index contributed by atoms with van der Waals surface area (Å²) in [6, 6.07) is 0.397. The van der Waals surface area contributed by atoms with Crippen LogP contribution in [0.3, 0.4) is 0 Å². The van der Waals surface area contributed by atoms with Gasteiger partial charge in [-0.2, -0.15) is 0 Å². The van der Waals surface area contributed by atoms with E-state index in [1.54, 1.807) is 0 Å². The summed E-state index contributed by atoms with van der Waals surface area (Å²) < 4.78 is 5.78. The average molecular weight is 278 g/mol. The van der Waals surface area contributed by atoms with Gasteiger partial charge in [-0.25, -0.2) is 9.97 Å². The number of nitrogens with zero attached hydrogens (tertiary/aromatic N) is 3. The third kappa shape index (κ3) is 3.03. The molecule has 2 unspecified atom stereocenters. The molecule has 0 amide bonds. The highest BCUT2D eigenvalue weighted by Gasteiger charge is 2.28. The lowest BCUT2D eigenvalue weighted by atomic mass is 10.1. The summed E-state index contributed by atoms with van der Waals surface area (Å²) in [6.45, 7) is 13.0. The van der Waals surface area contributed by atoms with Gasteiger partial charge in [0.2, 0.25) is 0 Å². The number of nitrogens with one attached hydrogen (secondary N) is 1. The van der Waals surface area contributed by atoms with E-state index in [0.717, 1.165) is 49.1 Å². The summed E-state index contributed by atoms with van der Waals surface area (Å²) in [7, 11) is 0. The van der Waals surface area contributed by atoms with Gasteiger partial charge in [-0.3, -0.25) is 0 Å². The number of morpholine rings is 1. The lowest BCUT2D eigenvalue weighted by Crippen LogP contribution is -2.49. The van der Waals surface area contributed by atoms with E-state index >= 15 is 0 Å². The maximum atomic E-state index is 5.78. The van der Waals surface area contributed by atoms with Crippen molar-refractivity contribution in [1.29, 1.82) is 0 Å². The van der Waals surface area contributed by atoms with Crippen LogP contribution in [0.1, 0.15) is 38.6 Å². The molecule has 1 aliphatic rings. The van der Waals surface area contributed by atoms with Crippen molar-refractivity contribution in [3.63, 3.8) is 0 Å². The van der Waals surface area contributed by atoms with E-state index in [1.165, 1.54) is 0 Å². The summed E-state index contributed by atoms with van der Waals surface area (Å²) in [5.74, 6) is 2.81. The predicted octanol–water partition coefficient (Wildman–Crippen LogP) is 2.53. The second-order valence-corrected chi connectivity index (χ2v) is 5.46. The molecule has 1 N–H and O–H groups in total. The van der Waals surface area contributed by atoms with Gasteiger partial charge in [0, 0.05) is 18.7 Å². The fourth-order valence-corrected chi connectivity index (χ4v) is 2.67. The molecule has 1 aliphatic heterocycles. The molecule has 0 aliphatic carbocycles. The van der Waals surface area contributed by atoms with Crippen molar-refractivity contribution in [2.24, 2.45) is 0 Å². The van der Waals surface area contributed by atoms with Crippen LogP contribution in [0, 0.1) is 13.8 Å². The van der Waals surface area contributed by atoms with Gasteiger partial charge in [0.15, 0.2) is 0 Å². The minimum absolute atomic E-state index is 0.245. The molecule has 0 bridgehead atoms. The zero-order valence-corrected chi connectivity index (χ0v) is 13.2. The molecule has 112 valence electrons. The number of rotatable bonds is 4. The highest BCUT2D eigenvalue weighted by molar-refractivity contribution is 5.59. The average Bonchev–Trinajstić information content (AvgIpc) is 2.42. The van der Waals surface area contributed by atoms with Crippen molar-refractivity contribution in [2.75, 3.05) is 29.9 Å². The molecule has 1 aromatic rings. The van der Waals surface area contributed by atoms with Crippen molar-refractivity contribution in [3.8, 4) is 0 Å². The van der Waals surface area contributed by atoms with E-state index in [2.05, 4.69) is 42.9 Å². The zero-order valence-electron chi connectivity index (χ0n) is 13.2. The number of anilines is 2. The van der Waals surface area contributed by atoms with E-state index in [-0.39, 0.29) is 6.10 Å². The molecule has 0 spiro atoms. The summed E-state index contributed by atoms with van der Waals surface area (Å²) in [5, 5.41) is 3.33. The Hall–Kier alpha value is -1.36. The molecule has 2 rings (SSSR count). The Kier molecular flexibility index (Phi) is 4.81. The SMILES string of the molecule is CCNc1nc(C)nc(N2CC(C)OCC2CC)c1C. The monoisotopic (exact) mass is 278 g/mol. The van der Waals surface area contributed by atoms with Crippen molar-refractivity contribution in [1.82, 2.24) is 9.97 Å². The molecule has 1 aromatic heterocycles. The largest absolute Gasteiger partial charge is 0.375 e. The van der Waals surface area contributed by atoms with Gasteiger partial charge in [0.05, 0.1) is 18.8 Å². The van der Waals surface area contributed by atoms with E-state index in [4.69, 9.17) is 9.72 Å². The van der Waals surface area contributed by atoms with Crippen LogP contribution in [0.4, 0.5) is 11.6 Å². The minimum Gasteiger partial charge on any atom is -0.375 e. The molecule has 20 heavy (non-hydrogen) atoms. The Morgan fingerprint density at radius 1 is 1.30 bits per heavy atom. The summed E-state index contributed by atoms with van der Waals surface area (Å²) in [5.41, 5.74) is 1.13. The van der Waals surface area contributed by atoms with Crippen LogP contribution in [0.2, 0.25) is 0 Å². The first-order valence-electron chi connectivity index (χ1n) is 7.54. The highest BCUT2D eigenvalue weighted by atomic mass is 16.5. The Morgan fingerprint density at radius 2 is 2.05 bits per heavy atom. The van der Waals surface area contributed by atoms with Crippen LogP contribution in [0.15, 0.2) is 0 Å². The smallest absolute Gasteiger partial charge is 0.137 e. The van der Waals surface area contributed by atoms with Crippen molar-refractivity contribution in [3.05, 3.63) is 11.4 Å². The van der Waals surface area contributed by atoms with Crippen LogP contribution in [0.25, 0.3) is 0 Å². The number of hydrogen-bond acceptors (Lipinski definition) is 5. The second kappa shape index (κ2) is 6.39. The van der Waals surface area contributed by atoms with E-state index in [1.807, 2.05) is 6.92 Å². The maximum absolute atomic E-state index is 5.78. The van der Waals surface area contributed by atoms with Gasteiger partial charge < -0.3 is 15.0 Å². The van der Waals surface area contributed by atoms with Gasteiger partial charge in [0.1, 0.15) is 17.5 Å². The normalized spacial score (nSPS) is 22.9. The van der Waals surface area contributed by atoms with Crippen LogP contribution in [0.5, 0.6) is 0 Å². The van der Waals surface area contributed by atoms with Crippen LogP contribution in [-0.4, -0.2) is 41.8 Å². The molecule has 2 atom stereocenters. The predicted molar refractivity (Wildman–Crippen MR) is 82.5 cm³/mol. The van der Waals surface area contributed by atoms with Crippen molar-refractivity contribution < 1.29 is 4.74 Å². The Morgan fingerprint density at radius 3 is 2.70 bits per heavy atom. The number of hydrogen-bond donors (Lipinski definition) is 1. The molecule has 2 heterocycles. The van der Waals surface area contributed by atoms with E-state index in [0.29, 0.717) is 6.04 Å². The molecule has 0 saturated carbocycles. The van der Waals surface area contributed by atoms with Gasteiger partial charge in [-0.15, -0.1) is 0 Å². The van der Waals surface area contributed by atoms with Crippen molar-refractivity contribution in [2.45, 2.75) is 53.2 Å². The quantitative estimate of drug-likeness (QED) is 0.917. The summed E-state index contributed by atoms with van der Waals surface area (Å²) in [6.07, 6.45) is 1.31. The minimum atomic E-state index is 0.245. The van der Waals surface area contributed by atoms with Gasteiger partial charge in [0.25, 0.3) is 0 Å². The molecule has 5 nitrogen and oxygen atoms in total. The van der Waals surface area contributed by atoms with Crippen LogP contribution < -0.4 is 10.2 Å². The lowest BCUT2D eigenvalue weighted by molar-refractivity contribution is 0.0295. The van der Waals surface area contributed by atoms with Gasteiger partial charge in [-0.1, -0.05) is 6.92 Å². The number of aryl methyl sites for hydroxylation is 1. The molecular formula is C15H26N4O. The molecule has 1 fully saturated rings. The fraction of sp³-hybridized carbons (Fsp3) is 0.733. The molecule has 1 saturated heterocycles. The van der Waals surface area contributed by atoms with Gasteiger partial charge in [-0.05, 0) is 34.1 Å². The summed E-state index contributed by atoms with van der Waals surface area (Å²) in [4.78, 5) is 11.6. The molecule has 0 aromatic carbocycles. The van der Waals surface area contributed by atoms with E-state index in [9.17, 15) is 0 Å². The first-order chi connectivity index (χ1) is 9.56. The maximum Gasteiger partial charge on any atom is 0.137 e. The van der Waals surface area contributed by atoms with Crippen LogP contribution in [-0.2, 0) is 4.74 Å². The zero-order chi connectivity index (χ0) is 14.7. The fourth-order valence-electron chi connectivity index (χ4n) is 2.67.